The summed E-state index contributed by atoms with van der Waals surface area (Å²) in [6, 6.07) is 6.33. The van der Waals surface area contributed by atoms with Gasteiger partial charge in [0.15, 0.2) is 0 Å². The van der Waals surface area contributed by atoms with Gasteiger partial charge in [-0.1, -0.05) is 0 Å². The van der Waals surface area contributed by atoms with Crippen LogP contribution < -0.4 is 10.5 Å². The van der Waals surface area contributed by atoms with Gasteiger partial charge < -0.3 is 10.3 Å². The molecule has 18 heavy (non-hydrogen) atoms. The Hall–Kier alpha value is -1.86. The van der Waals surface area contributed by atoms with Crippen LogP contribution in [0.1, 0.15) is 5.69 Å². The van der Waals surface area contributed by atoms with Gasteiger partial charge in [-0.3, -0.25) is 0 Å². The lowest BCUT2D eigenvalue weighted by Crippen LogP contribution is -2.12. The Kier molecular flexibility index (Phi) is 3.63. The number of nitrogens with one attached hydrogen (secondary N) is 2. The van der Waals surface area contributed by atoms with Crippen LogP contribution in [-0.2, 0) is 16.4 Å². The molecule has 0 atom stereocenters. The monoisotopic (exact) mass is 266 g/mol. The Morgan fingerprint density at radius 2 is 2.00 bits per heavy atom. The van der Waals surface area contributed by atoms with Crippen molar-refractivity contribution < 1.29 is 8.42 Å². The van der Waals surface area contributed by atoms with Crippen molar-refractivity contribution in [2.24, 2.45) is 5.14 Å². The van der Waals surface area contributed by atoms with Crippen LogP contribution in [0.15, 0.2) is 41.7 Å². The van der Waals surface area contributed by atoms with Crippen molar-refractivity contribution in [1.82, 2.24) is 9.97 Å². The maximum Gasteiger partial charge on any atom is 0.238 e. The van der Waals surface area contributed by atoms with Crippen molar-refractivity contribution in [2.45, 2.75) is 11.3 Å². The standard InChI is InChI=1S/C11H14N4O2S/c12-18(16,17)11-3-1-9(2-4-11)14-6-5-10-7-13-8-15-10/h1-4,7-8,14H,5-6H2,(H,13,15)(H2,12,16,17). The Balaban J connectivity index is 1.91. The first-order valence-corrected chi connectivity index (χ1v) is 6.94. The minimum atomic E-state index is -3.62. The number of nitrogens with zero attached hydrogens (tertiary/aromatic N) is 1. The van der Waals surface area contributed by atoms with Gasteiger partial charge in [-0.05, 0) is 24.3 Å². The lowest BCUT2D eigenvalue weighted by atomic mass is 10.3. The second kappa shape index (κ2) is 5.19. The van der Waals surface area contributed by atoms with Gasteiger partial charge in [0.05, 0.1) is 11.2 Å². The Labute approximate surface area is 105 Å². The predicted octanol–water partition coefficient (Wildman–Crippen LogP) is 0.712. The summed E-state index contributed by atoms with van der Waals surface area (Å²) in [6.45, 7) is 0.733. The molecule has 0 unspecified atom stereocenters. The molecule has 0 aliphatic heterocycles. The number of anilines is 1. The Bertz CT molecular complexity index is 590. The van der Waals surface area contributed by atoms with E-state index < -0.39 is 10.0 Å². The van der Waals surface area contributed by atoms with E-state index in [0.29, 0.717) is 0 Å². The van der Waals surface area contributed by atoms with Crippen molar-refractivity contribution in [2.75, 3.05) is 11.9 Å². The minimum absolute atomic E-state index is 0.113. The van der Waals surface area contributed by atoms with Gasteiger partial charge in [0.2, 0.25) is 10.0 Å². The molecule has 0 bridgehead atoms. The molecule has 4 N–H and O–H groups in total. The van der Waals surface area contributed by atoms with Gasteiger partial charge in [0.1, 0.15) is 0 Å². The number of nitrogens with two attached hydrogens (primary N) is 1. The Morgan fingerprint density at radius 1 is 1.28 bits per heavy atom. The van der Waals surface area contributed by atoms with Crippen LogP contribution in [0.2, 0.25) is 0 Å². The average Bonchev–Trinajstić information content (AvgIpc) is 2.82. The zero-order chi connectivity index (χ0) is 13.0. The average molecular weight is 266 g/mol. The first-order chi connectivity index (χ1) is 8.55. The summed E-state index contributed by atoms with van der Waals surface area (Å²) < 4.78 is 22.1. The fourth-order valence-electron chi connectivity index (χ4n) is 1.53. The lowest BCUT2D eigenvalue weighted by Gasteiger charge is -2.06. The molecule has 2 aromatic rings. The summed E-state index contributed by atoms with van der Waals surface area (Å²) >= 11 is 0. The van der Waals surface area contributed by atoms with Gasteiger partial charge in [-0.15, -0.1) is 0 Å². The Morgan fingerprint density at radius 3 is 2.56 bits per heavy atom. The highest BCUT2D eigenvalue weighted by Gasteiger charge is 2.06. The van der Waals surface area contributed by atoms with E-state index in [4.69, 9.17) is 5.14 Å². The van der Waals surface area contributed by atoms with Crippen molar-refractivity contribution in [3.05, 3.63) is 42.5 Å². The molecular formula is C11H14N4O2S. The predicted molar refractivity (Wildman–Crippen MR) is 68.6 cm³/mol. The van der Waals surface area contributed by atoms with Gasteiger partial charge in [0.25, 0.3) is 0 Å². The van der Waals surface area contributed by atoms with Crippen LogP contribution in [-0.4, -0.2) is 24.9 Å². The largest absolute Gasteiger partial charge is 0.385 e. The molecule has 1 aromatic carbocycles. The quantitative estimate of drug-likeness (QED) is 0.742. The summed E-state index contributed by atoms with van der Waals surface area (Å²) in [4.78, 5) is 7.04. The third kappa shape index (κ3) is 3.31. The first-order valence-electron chi connectivity index (χ1n) is 5.40. The molecule has 0 spiro atoms. The number of aromatic nitrogens is 2. The summed E-state index contributed by atoms with van der Waals surface area (Å²) in [6.07, 6.45) is 4.22. The van der Waals surface area contributed by atoms with Crippen LogP contribution >= 0.6 is 0 Å². The number of H-pyrrole nitrogens is 1. The summed E-state index contributed by atoms with van der Waals surface area (Å²) in [5.74, 6) is 0. The smallest absolute Gasteiger partial charge is 0.238 e. The summed E-state index contributed by atoms with van der Waals surface area (Å²) in [5.41, 5.74) is 1.89. The van der Waals surface area contributed by atoms with E-state index in [1.807, 2.05) is 0 Å². The maximum absolute atomic E-state index is 11.1. The van der Waals surface area contributed by atoms with E-state index in [2.05, 4.69) is 15.3 Å². The van der Waals surface area contributed by atoms with E-state index in [9.17, 15) is 8.42 Å². The minimum Gasteiger partial charge on any atom is -0.385 e. The first kappa shape index (κ1) is 12.6. The topological polar surface area (TPSA) is 101 Å². The molecule has 0 aliphatic carbocycles. The van der Waals surface area contributed by atoms with Gasteiger partial charge >= 0.3 is 0 Å². The second-order valence-corrected chi connectivity index (χ2v) is 5.38. The molecular weight excluding hydrogens is 252 g/mol. The fraction of sp³-hybridized carbons (Fsp3) is 0.182. The zero-order valence-corrected chi connectivity index (χ0v) is 10.4. The second-order valence-electron chi connectivity index (χ2n) is 3.82. The number of imidazole rings is 1. The third-order valence-corrected chi connectivity index (χ3v) is 3.39. The number of rotatable bonds is 5. The number of sulfonamides is 1. The van der Waals surface area contributed by atoms with Crippen LogP contribution in [0.4, 0.5) is 5.69 Å². The van der Waals surface area contributed by atoms with Crippen molar-refractivity contribution in [3.63, 3.8) is 0 Å². The molecule has 0 fully saturated rings. The number of benzene rings is 1. The molecule has 7 heteroatoms. The van der Waals surface area contributed by atoms with Gasteiger partial charge in [-0.25, -0.2) is 18.5 Å². The lowest BCUT2D eigenvalue weighted by molar-refractivity contribution is 0.598. The highest BCUT2D eigenvalue weighted by molar-refractivity contribution is 7.89. The van der Waals surface area contributed by atoms with E-state index in [1.54, 1.807) is 24.7 Å². The molecule has 0 amide bonds. The molecule has 1 aromatic heterocycles. The van der Waals surface area contributed by atoms with Crippen molar-refractivity contribution in [3.8, 4) is 0 Å². The zero-order valence-electron chi connectivity index (χ0n) is 9.63. The number of primary sulfonamides is 1. The van der Waals surface area contributed by atoms with Crippen molar-refractivity contribution in [1.29, 1.82) is 0 Å². The van der Waals surface area contributed by atoms with Crippen LogP contribution in [0.25, 0.3) is 0 Å². The molecule has 1 heterocycles. The number of aromatic amines is 1. The summed E-state index contributed by atoms with van der Waals surface area (Å²) in [5, 5.41) is 8.19. The van der Waals surface area contributed by atoms with Crippen LogP contribution in [0, 0.1) is 0 Å². The molecule has 6 nitrogen and oxygen atoms in total. The highest BCUT2D eigenvalue weighted by atomic mass is 32.2. The molecule has 2 rings (SSSR count). The fourth-order valence-corrected chi connectivity index (χ4v) is 2.04. The number of hydrogen-bond acceptors (Lipinski definition) is 4. The van der Waals surface area contributed by atoms with E-state index in [0.717, 1.165) is 24.3 Å². The van der Waals surface area contributed by atoms with Gasteiger partial charge in [0, 0.05) is 30.5 Å². The third-order valence-electron chi connectivity index (χ3n) is 2.46. The van der Waals surface area contributed by atoms with Crippen molar-refractivity contribution >= 4 is 15.7 Å². The normalized spacial score (nSPS) is 11.4. The van der Waals surface area contributed by atoms with E-state index >= 15 is 0 Å². The molecule has 0 saturated heterocycles. The molecule has 96 valence electrons. The maximum atomic E-state index is 11.1. The highest BCUT2D eigenvalue weighted by Crippen LogP contribution is 2.12. The van der Waals surface area contributed by atoms with E-state index in [-0.39, 0.29) is 4.90 Å². The van der Waals surface area contributed by atoms with E-state index in [1.165, 1.54) is 12.1 Å². The van der Waals surface area contributed by atoms with Crippen LogP contribution in [0.5, 0.6) is 0 Å². The molecule has 0 saturated carbocycles. The summed E-state index contributed by atoms with van der Waals surface area (Å²) in [7, 11) is -3.62. The number of hydrogen-bond donors (Lipinski definition) is 3. The molecule has 0 aliphatic rings. The van der Waals surface area contributed by atoms with Crippen LogP contribution in [0.3, 0.4) is 0 Å². The van der Waals surface area contributed by atoms with Gasteiger partial charge in [-0.2, -0.15) is 0 Å². The SMILES string of the molecule is NS(=O)(=O)c1ccc(NCCc2cnc[nH]2)cc1. The molecule has 0 radical (unpaired) electrons.